The van der Waals surface area contributed by atoms with E-state index in [4.69, 9.17) is 10.4 Å². The molecule has 0 aliphatic carbocycles. The number of anilines is 4. The van der Waals surface area contributed by atoms with E-state index < -0.39 is 28.5 Å². The van der Waals surface area contributed by atoms with E-state index in [1.807, 2.05) is 6.92 Å². The lowest BCUT2D eigenvalue weighted by molar-refractivity contribution is -0.137. The van der Waals surface area contributed by atoms with E-state index >= 15 is 0 Å². The summed E-state index contributed by atoms with van der Waals surface area (Å²) >= 11 is -0.824. The highest BCUT2D eigenvalue weighted by Gasteiger charge is 2.38. The number of piperidine rings is 1. The van der Waals surface area contributed by atoms with Crippen LogP contribution in [0.3, 0.4) is 0 Å². The highest BCUT2D eigenvalue weighted by molar-refractivity contribution is 7.91. The molecule has 0 atom stereocenters. The molecule has 4 heterocycles. The molecule has 3 fully saturated rings. The van der Waals surface area contributed by atoms with Crippen LogP contribution in [-0.2, 0) is 17.4 Å². The SMILES string of the molecule is CC1(O)CCN(C2CN(c3nc(NC4CC[S+]([O-])CC4)nc(Nc4cccc(C(F)(F)F)c4)c3C=N)C2)CC1. The molecule has 0 bridgehead atoms. The van der Waals surface area contributed by atoms with Crippen molar-refractivity contribution in [1.82, 2.24) is 14.9 Å². The van der Waals surface area contributed by atoms with Crippen LogP contribution < -0.4 is 15.5 Å². The first-order valence-electron chi connectivity index (χ1n) is 13.2. The van der Waals surface area contributed by atoms with Crippen LogP contribution in [0.5, 0.6) is 0 Å². The summed E-state index contributed by atoms with van der Waals surface area (Å²) < 4.78 is 51.7. The van der Waals surface area contributed by atoms with Crippen LogP contribution in [0.15, 0.2) is 24.3 Å². The summed E-state index contributed by atoms with van der Waals surface area (Å²) in [5.74, 6) is 2.29. The Labute approximate surface area is 228 Å². The standard InChI is InChI=1S/C26H34F3N7O2S/c1-25(37)7-9-35(10-8-25)20-15-36(16-20)23-21(14-30)22(31-19-4-2-3-17(13-19)26(27,28)29)33-24(34-23)32-18-5-11-39(38)12-6-18/h2-4,13-14,18,20,30,37H,5-12,15-16H2,1H3,(H2,31,32,33,34). The average Bonchev–Trinajstić information content (AvgIpc) is 2.85. The van der Waals surface area contributed by atoms with Gasteiger partial charge in [0, 0.05) is 63.0 Å². The number of aromatic nitrogens is 2. The number of nitrogens with zero attached hydrogens (tertiary/aromatic N) is 4. The van der Waals surface area contributed by atoms with Crippen molar-refractivity contribution in [1.29, 1.82) is 5.41 Å². The number of aliphatic hydroxyl groups is 1. The largest absolute Gasteiger partial charge is 0.616 e. The molecule has 4 N–H and O–H groups in total. The molecular formula is C26H34F3N7O2S. The molecule has 9 nitrogen and oxygen atoms in total. The molecule has 2 aromatic rings. The van der Waals surface area contributed by atoms with Crippen LogP contribution in [0, 0.1) is 5.41 Å². The lowest BCUT2D eigenvalue weighted by Crippen LogP contribution is -2.62. The number of likely N-dealkylation sites (tertiary alicyclic amines) is 1. The third-order valence-corrected chi connectivity index (χ3v) is 9.18. The first-order chi connectivity index (χ1) is 18.5. The molecule has 3 saturated heterocycles. The Bertz CT molecular complexity index is 1170. The van der Waals surface area contributed by atoms with Gasteiger partial charge in [-0.1, -0.05) is 17.2 Å². The molecule has 1 aromatic carbocycles. The van der Waals surface area contributed by atoms with Gasteiger partial charge in [-0.05, 0) is 38.0 Å². The second-order valence-corrected chi connectivity index (χ2v) is 12.5. The Balaban J connectivity index is 1.40. The second kappa shape index (κ2) is 11.1. The Morgan fingerprint density at radius 1 is 1.18 bits per heavy atom. The molecule has 3 aliphatic heterocycles. The zero-order chi connectivity index (χ0) is 27.8. The third kappa shape index (κ3) is 6.59. The van der Waals surface area contributed by atoms with Crippen molar-refractivity contribution in [2.24, 2.45) is 0 Å². The Kier molecular flexibility index (Phi) is 7.96. The number of alkyl halides is 3. The van der Waals surface area contributed by atoms with Gasteiger partial charge in [-0.2, -0.15) is 23.1 Å². The maximum Gasteiger partial charge on any atom is 0.416 e. The number of benzene rings is 1. The molecule has 5 rings (SSSR count). The van der Waals surface area contributed by atoms with Gasteiger partial charge >= 0.3 is 6.18 Å². The van der Waals surface area contributed by atoms with Gasteiger partial charge in [0.05, 0.1) is 16.7 Å². The molecule has 0 radical (unpaired) electrons. The average molecular weight is 566 g/mol. The molecule has 0 amide bonds. The van der Waals surface area contributed by atoms with Gasteiger partial charge in [-0.3, -0.25) is 4.90 Å². The van der Waals surface area contributed by atoms with E-state index in [0.29, 0.717) is 73.7 Å². The summed E-state index contributed by atoms with van der Waals surface area (Å²) in [7, 11) is 0. The summed E-state index contributed by atoms with van der Waals surface area (Å²) in [6.45, 7) is 4.86. The second-order valence-electron chi connectivity index (χ2n) is 10.8. The van der Waals surface area contributed by atoms with Crippen molar-refractivity contribution in [2.45, 2.75) is 56.5 Å². The van der Waals surface area contributed by atoms with Gasteiger partial charge in [0.25, 0.3) is 0 Å². The van der Waals surface area contributed by atoms with Crippen molar-refractivity contribution >= 4 is 40.7 Å². The van der Waals surface area contributed by atoms with Crippen LogP contribution in [0.25, 0.3) is 0 Å². The molecule has 0 saturated carbocycles. The van der Waals surface area contributed by atoms with Gasteiger partial charge < -0.3 is 30.6 Å². The van der Waals surface area contributed by atoms with Gasteiger partial charge in [0.2, 0.25) is 5.95 Å². The topological polar surface area (TPSA) is 123 Å². The number of halogens is 3. The summed E-state index contributed by atoms with van der Waals surface area (Å²) in [4.78, 5) is 13.7. The molecular weight excluding hydrogens is 531 g/mol. The monoisotopic (exact) mass is 565 g/mol. The fourth-order valence-electron chi connectivity index (χ4n) is 5.25. The minimum absolute atomic E-state index is 0.0352. The number of nitrogens with one attached hydrogen (secondary N) is 3. The van der Waals surface area contributed by atoms with Crippen LogP contribution >= 0.6 is 0 Å². The fourth-order valence-corrected chi connectivity index (χ4v) is 6.55. The van der Waals surface area contributed by atoms with E-state index in [0.717, 1.165) is 31.4 Å². The van der Waals surface area contributed by atoms with E-state index in [1.165, 1.54) is 12.1 Å². The third-order valence-electron chi connectivity index (χ3n) is 7.80. The molecule has 0 unspecified atom stereocenters. The zero-order valence-corrected chi connectivity index (χ0v) is 22.6. The number of rotatable bonds is 7. The van der Waals surface area contributed by atoms with Gasteiger partial charge in [-0.15, -0.1) is 0 Å². The summed E-state index contributed by atoms with van der Waals surface area (Å²) in [5.41, 5.74) is -0.810. The highest BCUT2D eigenvalue weighted by Crippen LogP contribution is 2.35. The number of hydrogen-bond donors (Lipinski definition) is 4. The smallest absolute Gasteiger partial charge is 0.416 e. The van der Waals surface area contributed by atoms with Crippen molar-refractivity contribution in [2.75, 3.05) is 53.2 Å². The normalized spacial score (nSPS) is 24.2. The van der Waals surface area contributed by atoms with Crippen LogP contribution in [0.2, 0.25) is 0 Å². The van der Waals surface area contributed by atoms with E-state index in [1.54, 1.807) is 0 Å². The van der Waals surface area contributed by atoms with Crippen LogP contribution in [0.1, 0.15) is 43.7 Å². The zero-order valence-electron chi connectivity index (χ0n) is 21.8. The molecule has 13 heteroatoms. The van der Waals surface area contributed by atoms with Crippen LogP contribution in [-0.4, -0.2) is 86.1 Å². The Hall–Kier alpha value is -2.61. The van der Waals surface area contributed by atoms with Crippen molar-refractivity contribution in [3.8, 4) is 0 Å². The van der Waals surface area contributed by atoms with Gasteiger partial charge in [-0.25, -0.2) is 0 Å². The molecule has 0 spiro atoms. The van der Waals surface area contributed by atoms with Gasteiger partial charge in [0.1, 0.15) is 23.1 Å². The van der Waals surface area contributed by atoms with Crippen molar-refractivity contribution in [3.05, 3.63) is 35.4 Å². The fraction of sp³-hybridized carbons (Fsp3) is 0.577. The van der Waals surface area contributed by atoms with E-state index in [2.05, 4.69) is 25.4 Å². The van der Waals surface area contributed by atoms with Crippen molar-refractivity contribution in [3.63, 3.8) is 0 Å². The summed E-state index contributed by atoms with van der Waals surface area (Å²) in [6, 6.07) is 5.21. The lowest BCUT2D eigenvalue weighted by Gasteiger charge is -2.49. The van der Waals surface area contributed by atoms with Crippen LogP contribution in [0.4, 0.5) is 36.4 Å². The quantitative estimate of drug-likeness (QED) is 0.297. The van der Waals surface area contributed by atoms with Gasteiger partial charge in [0.15, 0.2) is 0 Å². The first-order valence-corrected chi connectivity index (χ1v) is 14.7. The maximum absolute atomic E-state index is 13.3. The summed E-state index contributed by atoms with van der Waals surface area (Å²) in [6.07, 6.45) is -0.509. The van der Waals surface area contributed by atoms with Crippen molar-refractivity contribution < 1.29 is 22.8 Å². The Morgan fingerprint density at radius 3 is 2.51 bits per heavy atom. The predicted molar refractivity (Wildman–Crippen MR) is 147 cm³/mol. The Morgan fingerprint density at radius 2 is 1.87 bits per heavy atom. The molecule has 1 aromatic heterocycles. The minimum Gasteiger partial charge on any atom is -0.616 e. The number of hydrogen-bond acceptors (Lipinski definition) is 9. The summed E-state index contributed by atoms with van der Waals surface area (Å²) in [5, 5.41) is 24.7. The lowest BCUT2D eigenvalue weighted by atomic mass is 9.91. The highest BCUT2D eigenvalue weighted by atomic mass is 32.2. The molecule has 39 heavy (non-hydrogen) atoms. The maximum atomic E-state index is 13.3. The van der Waals surface area contributed by atoms with E-state index in [9.17, 15) is 22.8 Å². The predicted octanol–water partition coefficient (Wildman–Crippen LogP) is 3.60. The molecule has 3 aliphatic rings. The first kappa shape index (κ1) is 27.9. The minimum atomic E-state index is -4.48. The molecule has 212 valence electrons. The van der Waals surface area contributed by atoms with E-state index in [-0.39, 0.29) is 17.5 Å².